The van der Waals surface area contributed by atoms with Crippen molar-refractivity contribution in [3.63, 3.8) is 0 Å². The maximum Gasteiger partial charge on any atom is 0.423 e. The molecule has 0 N–H and O–H groups in total. The Kier molecular flexibility index (Phi) is 8.71. The van der Waals surface area contributed by atoms with E-state index in [0.717, 1.165) is 12.2 Å². The monoisotopic (exact) mass is 529 g/mol. The van der Waals surface area contributed by atoms with Crippen LogP contribution in [-0.4, -0.2) is 66.7 Å². The average molecular weight is 530 g/mol. The molecule has 3 rings (SSSR count). The van der Waals surface area contributed by atoms with Crippen LogP contribution in [0.25, 0.3) is 0 Å². The van der Waals surface area contributed by atoms with E-state index in [2.05, 4.69) is 39.4 Å². The minimum atomic E-state index is -4.88. The maximum atomic E-state index is 14.0. The minimum Gasteiger partial charge on any atom is -0.475 e. The molecular weight excluding hydrogens is 499 g/mol. The molecule has 0 radical (unpaired) electrons. The number of hydrogen-bond acceptors (Lipinski definition) is 9. The standard InChI is InChI=1S/C22H30F3N5O5Si/c1-33-21(32)19-26-8-7-17(28-19)35-13-15-6-5-9-29(15)16-12-27-30(14-34-10-11-36(2,3)4)20(31)18(16)22(23,24)25/h7-8,12,15H,5-6,9-11,13-14H2,1-4H3/t15-/m0/s1. The summed E-state index contributed by atoms with van der Waals surface area (Å²) in [4.78, 5) is 33.6. The van der Waals surface area contributed by atoms with Crippen molar-refractivity contribution >= 4 is 19.7 Å². The lowest BCUT2D eigenvalue weighted by Gasteiger charge is -2.28. The molecule has 10 nitrogen and oxygen atoms in total. The quantitative estimate of drug-likeness (QED) is 0.260. The number of carbonyl (C=O) groups excluding carboxylic acids is 1. The summed E-state index contributed by atoms with van der Waals surface area (Å²) in [6, 6.07) is 1.78. The van der Waals surface area contributed by atoms with Gasteiger partial charge in [0.1, 0.15) is 18.9 Å². The van der Waals surface area contributed by atoms with Gasteiger partial charge in [0.05, 0.1) is 25.0 Å². The Balaban J connectivity index is 1.78. The van der Waals surface area contributed by atoms with E-state index in [4.69, 9.17) is 9.47 Å². The molecule has 1 fully saturated rings. The van der Waals surface area contributed by atoms with Crippen molar-refractivity contribution in [1.29, 1.82) is 0 Å². The third kappa shape index (κ3) is 7.03. The van der Waals surface area contributed by atoms with Crippen molar-refractivity contribution < 1.29 is 32.2 Å². The smallest absolute Gasteiger partial charge is 0.423 e. The summed E-state index contributed by atoms with van der Waals surface area (Å²) < 4.78 is 58.4. The molecule has 0 aliphatic carbocycles. The molecule has 2 aromatic heterocycles. The highest BCUT2D eigenvalue weighted by Gasteiger charge is 2.41. The second-order valence-corrected chi connectivity index (χ2v) is 15.2. The number of esters is 1. The Bertz CT molecular complexity index is 1120. The molecule has 0 spiro atoms. The number of hydrogen-bond donors (Lipinski definition) is 0. The lowest BCUT2D eigenvalue weighted by molar-refractivity contribution is -0.138. The van der Waals surface area contributed by atoms with Crippen molar-refractivity contribution in [2.24, 2.45) is 0 Å². The average Bonchev–Trinajstić information content (AvgIpc) is 3.27. The Morgan fingerprint density at radius 1 is 1.28 bits per heavy atom. The number of nitrogens with zero attached hydrogens (tertiary/aromatic N) is 5. The fourth-order valence-corrected chi connectivity index (χ4v) is 4.46. The number of carbonyl (C=O) groups is 1. The molecule has 1 aliphatic rings. The van der Waals surface area contributed by atoms with Gasteiger partial charge in [0.2, 0.25) is 11.7 Å². The van der Waals surface area contributed by atoms with Crippen LogP contribution in [0.2, 0.25) is 25.7 Å². The van der Waals surface area contributed by atoms with Gasteiger partial charge in [-0.1, -0.05) is 19.6 Å². The molecule has 2 aromatic rings. The molecule has 1 saturated heterocycles. The van der Waals surface area contributed by atoms with Crippen LogP contribution >= 0.6 is 0 Å². The lowest BCUT2D eigenvalue weighted by atomic mass is 10.2. The zero-order valence-electron chi connectivity index (χ0n) is 20.7. The molecule has 1 atom stereocenters. The Morgan fingerprint density at radius 2 is 2.03 bits per heavy atom. The molecule has 36 heavy (non-hydrogen) atoms. The molecular formula is C22H30F3N5O5Si. The zero-order chi connectivity index (χ0) is 26.5. The SMILES string of the molecule is COC(=O)c1nccc(OC[C@@H]2CCCN2c2cnn(COCC[Si](C)(C)C)c(=O)c2C(F)(F)F)n1. The van der Waals surface area contributed by atoms with Gasteiger partial charge < -0.3 is 19.1 Å². The predicted octanol–water partition coefficient (Wildman–Crippen LogP) is 3.20. The number of aromatic nitrogens is 4. The van der Waals surface area contributed by atoms with Crippen LogP contribution < -0.4 is 15.2 Å². The van der Waals surface area contributed by atoms with Crippen molar-refractivity contribution in [1.82, 2.24) is 19.7 Å². The number of ether oxygens (including phenoxy) is 3. The molecule has 0 unspecified atom stereocenters. The molecule has 198 valence electrons. The molecule has 14 heteroatoms. The Morgan fingerprint density at radius 3 is 2.69 bits per heavy atom. The summed E-state index contributed by atoms with van der Waals surface area (Å²) in [5.74, 6) is -0.858. The van der Waals surface area contributed by atoms with Crippen LogP contribution in [0.1, 0.15) is 29.0 Å². The summed E-state index contributed by atoms with van der Waals surface area (Å²) in [5.41, 5.74) is -2.83. The van der Waals surface area contributed by atoms with Gasteiger partial charge in [0.15, 0.2) is 0 Å². The fraction of sp³-hybridized carbons (Fsp3) is 0.591. The van der Waals surface area contributed by atoms with E-state index in [1.807, 2.05) is 0 Å². The van der Waals surface area contributed by atoms with Crippen molar-refractivity contribution in [2.45, 2.75) is 57.5 Å². The van der Waals surface area contributed by atoms with E-state index in [1.165, 1.54) is 24.3 Å². The maximum absolute atomic E-state index is 14.0. The van der Waals surface area contributed by atoms with E-state index in [1.54, 1.807) is 0 Å². The van der Waals surface area contributed by atoms with Gasteiger partial charge in [-0.25, -0.2) is 14.5 Å². The molecule has 0 aromatic carbocycles. The summed E-state index contributed by atoms with van der Waals surface area (Å²) in [5, 5.41) is 3.96. The van der Waals surface area contributed by atoms with Crippen molar-refractivity contribution in [3.05, 3.63) is 40.2 Å². The third-order valence-electron chi connectivity index (χ3n) is 5.63. The van der Waals surface area contributed by atoms with E-state index in [9.17, 15) is 22.8 Å². The summed E-state index contributed by atoms with van der Waals surface area (Å²) in [6.45, 7) is 6.72. The van der Waals surface area contributed by atoms with Crippen LogP contribution in [0.4, 0.5) is 18.9 Å². The molecule has 3 heterocycles. The topological polar surface area (TPSA) is 109 Å². The Labute approximate surface area is 207 Å². The van der Waals surface area contributed by atoms with Gasteiger partial charge >= 0.3 is 12.1 Å². The minimum absolute atomic E-state index is 0.0161. The van der Waals surface area contributed by atoms with Gasteiger partial charge in [-0.15, -0.1) is 0 Å². The molecule has 0 saturated carbocycles. The molecule has 0 amide bonds. The highest BCUT2D eigenvalue weighted by molar-refractivity contribution is 6.76. The van der Waals surface area contributed by atoms with E-state index >= 15 is 0 Å². The normalized spacial score (nSPS) is 16.3. The summed E-state index contributed by atoms with van der Waals surface area (Å²) >= 11 is 0. The summed E-state index contributed by atoms with van der Waals surface area (Å²) in [7, 11) is -0.200. The van der Waals surface area contributed by atoms with Gasteiger partial charge in [0, 0.05) is 33.5 Å². The molecule has 0 bridgehead atoms. The second-order valence-electron chi connectivity index (χ2n) is 9.57. The second kappa shape index (κ2) is 11.4. The number of methoxy groups -OCH3 is 1. The van der Waals surface area contributed by atoms with Crippen molar-refractivity contribution in [3.8, 4) is 5.88 Å². The van der Waals surface area contributed by atoms with Crippen LogP contribution in [-0.2, 0) is 22.4 Å². The first kappa shape index (κ1) is 27.6. The van der Waals surface area contributed by atoms with E-state index in [0.29, 0.717) is 30.7 Å². The van der Waals surface area contributed by atoms with Crippen LogP contribution in [0.5, 0.6) is 5.88 Å². The number of rotatable bonds is 10. The first-order chi connectivity index (χ1) is 16.9. The van der Waals surface area contributed by atoms with Crippen LogP contribution in [0, 0.1) is 0 Å². The predicted molar refractivity (Wildman–Crippen MR) is 127 cm³/mol. The lowest BCUT2D eigenvalue weighted by Crippen LogP contribution is -2.40. The van der Waals surface area contributed by atoms with Crippen molar-refractivity contribution in [2.75, 3.05) is 31.8 Å². The third-order valence-corrected chi connectivity index (χ3v) is 7.33. The van der Waals surface area contributed by atoms with Gasteiger partial charge in [-0.2, -0.15) is 23.3 Å². The van der Waals surface area contributed by atoms with E-state index < -0.39 is 37.4 Å². The largest absolute Gasteiger partial charge is 0.475 e. The van der Waals surface area contributed by atoms with Gasteiger partial charge in [-0.3, -0.25) is 4.79 Å². The fourth-order valence-electron chi connectivity index (χ4n) is 3.71. The first-order valence-electron chi connectivity index (χ1n) is 11.5. The Hall–Kier alpha value is -3.00. The number of anilines is 1. The van der Waals surface area contributed by atoms with Crippen LogP contribution in [0.3, 0.4) is 0 Å². The number of halogens is 3. The highest BCUT2D eigenvalue weighted by Crippen LogP contribution is 2.36. The number of alkyl halides is 3. The van der Waals surface area contributed by atoms with Gasteiger partial charge in [-0.05, 0) is 18.9 Å². The summed E-state index contributed by atoms with van der Waals surface area (Å²) in [6.07, 6.45) is -1.37. The van der Waals surface area contributed by atoms with Gasteiger partial charge in [0.25, 0.3) is 5.56 Å². The highest BCUT2D eigenvalue weighted by atomic mass is 28.3. The zero-order valence-corrected chi connectivity index (χ0v) is 21.7. The van der Waals surface area contributed by atoms with E-state index in [-0.39, 0.29) is 30.7 Å². The molecule has 1 aliphatic heterocycles. The van der Waals surface area contributed by atoms with Crippen LogP contribution in [0.15, 0.2) is 23.3 Å². The first-order valence-corrected chi connectivity index (χ1v) is 15.2.